The van der Waals surface area contributed by atoms with Crippen LogP contribution >= 0.6 is 0 Å². The van der Waals surface area contributed by atoms with Crippen molar-refractivity contribution in [3.8, 4) is 22.6 Å². The van der Waals surface area contributed by atoms with E-state index < -0.39 is 0 Å². The maximum absolute atomic E-state index is 5.66. The zero-order valence-electron chi connectivity index (χ0n) is 15.8. The van der Waals surface area contributed by atoms with Crippen LogP contribution in [-0.4, -0.2) is 37.5 Å². The lowest BCUT2D eigenvalue weighted by molar-refractivity contribution is 0.416. The van der Waals surface area contributed by atoms with Gasteiger partial charge in [0.1, 0.15) is 11.6 Å². The third-order valence-electron chi connectivity index (χ3n) is 4.28. The maximum Gasteiger partial charge on any atom is 0.165 e. The molecule has 3 heterocycles. The minimum absolute atomic E-state index is 0.297. The smallest absolute Gasteiger partial charge is 0.165 e. The zero-order chi connectivity index (χ0) is 19.0. The normalized spacial score (nSPS) is 11.3. The summed E-state index contributed by atoms with van der Waals surface area (Å²) in [6.45, 7) is 6.19. The molecular formula is C20H22N6O. The van der Waals surface area contributed by atoms with E-state index in [1.54, 1.807) is 18.0 Å². The molecule has 4 aromatic rings. The van der Waals surface area contributed by atoms with Crippen LogP contribution < -0.4 is 10.1 Å². The lowest BCUT2D eigenvalue weighted by Crippen LogP contribution is -2.14. The van der Waals surface area contributed by atoms with E-state index in [1.807, 2.05) is 54.2 Å². The number of nitrogens with one attached hydrogen (secondary N) is 1. The number of aryl methyl sites for hydroxylation is 1. The van der Waals surface area contributed by atoms with Crippen molar-refractivity contribution in [3.63, 3.8) is 0 Å². The molecule has 0 aliphatic heterocycles. The highest BCUT2D eigenvalue weighted by Crippen LogP contribution is 2.34. The molecule has 138 valence electrons. The molecular weight excluding hydrogens is 340 g/mol. The predicted molar refractivity (Wildman–Crippen MR) is 106 cm³/mol. The summed E-state index contributed by atoms with van der Waals surface area (Å²) in [5, 5.41) is 12.3. The van der Waals surface area contributed by atoms with Gasteiger partial charge in [-0.2, -0.15) is 14.7 Å². The molecule has 0 atom stereocenters. The van der Waals surface area contributed by atoms with Crippen molar-refractivity contribution < 1.29 is 4.74 Å². The topological polar surface area (TPSA) is 69.3 Å². The van der Waals surface area contributed by atoms with Gasteiger partial charge in [0, 0.05) is 41.8 Å². The Morgan fingerprint density at radius 2 is 1.96 bits per heavy atom. The van der Waals surface area contributed by atoms with Crippen LogP contribution in [0.3, 0.4) is 0 Å². The Morgan fingerprint density at radius 1 is 1.11 bits per heavy atom. The first kappa shape index (κ1) is 17.1. The molecule has 0 aliphatic carbocycles. The van der Waals surface area contributed by atoms with Gasteiger partial charge in [-0.05, 0) is 39.0 Å². The average Bonchev–Trinajstić information content (AvgIpc) is 3.30. The number of hydrogen-bond acceptors (Lipinski definition) is 5. The van der Waals surface area contributed by atoms with Crippen LogP contribution in [0.25, 0.3) is 22.5 Å². The molecule has 3 aromatic heterocycles. The van der Waals surface area contributed by atoms with Crippen LogP contribution in [0.1, 0.15) is 19.5 Å². The third kappa shape index (κ3) is 3.12. The first-order valence-corrected chi connectivity index (χ1v) is 8.87. The van der Waals surface area contributed by atoms with E-state index in [2.05, 4.69) is 29.4 Å². The van der Waals surface area contributed by atoms with Crippen molar-refractivity contribution in [1.29, 1.82) is 0 Å². The summed E-state index contributed by atoms with van der Waals surface area (Å²) in [6, 6.07) is 10.2. The molecule has 0 saturated heterocycles. The van der Waals surface area contributed by atoms with E-state index >= 15 is 0 Å². The van der Waals surface area contributed by atoms with Crippen molar-refractivity contribution in [2.24, 2.45) is 0 Å². The first-order chi connectivity index (χ1) is 13.1. The fraction of sp³-hybridized carbons (Fsp3) is 0.250. The molecule has 0 saturated carbocycles. The fourth-order valence-electron chi connectivity index (χ4n) is 3.14. The summed E-state index contributed by atoms with van der Waals surface area (Å²) in [4.78, 5) is 4.72. The van der Waals surface area contributed by atoms with E-state index in [4.69, 9.17) is 9.72 Å². The van der Waals surface area contributed by atoms with Crippen LogP contribution in [0.4, 0.5) is 5.82 Å². The SMILES string of the molecule is COc1cc(-n2cccn2)ccc1-c1cnn2c(NC(C)C)cc(C)nc12. The van der Waals surface area contributed by atoms with E-state index in [9.17, 15) is 0 Å². The molecule has 0 bridgehead atoms. The van der Waals surface area contributed by atoms with Gasteiger partial charge in [0.2, 0.25) is 0 Å². The number of methoxy groups -OCH3 is 1. The van der Waals surface area contributed by atoms with E-state index in [0.717, 1.165) is 39.7 Å². The van der Waals surface area contributed by atoms with Crippen LogP contribution in [0, 0.1) is 6.92 Å². The molecule has 27 heavy (non-hydrogen) atoms. The molecule has 1 aromatic carbocycles. The number of rotatable bonds is 5. The first-order valence-electron chi connectivity index (χ1n) is 8.87. The monoisotopic (exact) mass is 362 g/mol. The lowest BCUT2D eigenvalue weighted by atomic mass is 10.1. The highest BCUT2D eigenvalue weighted by atomic mass is 16.5. The van der Waals surface area contributed by atoms with Crippen molar-refractivity contribution in [2.75, 3.05) is 12.4 Å². The number of aromatic nitrogens is 5. The van der Waals surface area contributed by atoms with Crippen LogP contribution in [0.15, 0.2) is 48.9 Å². The predicted octanol–water partition coefficient (Wildman–Crippen LogP) is 3.72. The summed E-state index contributed by atoms with van der Waals surface area (Å²) >= 11 is 0. The Hall–Kier alpha value is -3.35. The summed E-state index contributed by atoms with van der Waals surface area (Å²) < 4.78 is 9.30. The van der Waals surface area contributed by atoms with Crippen molar-refractivity contribution >= 4 is 11.5 Å². The number of anilines is 1. The summed E-state index contributed by atoms with van der Waals surface area (Å²) in [7, 11) is 1.67. The standard InChI is InChI=1S/C20H22N6O/c1-13(2)23-19-10-14(3)24-20-17(12-22-26(19)20)16-7-6-15(11-18(16)27-4)25-9-5-8-21-25/h5-13,23H,1-4H3. The van der Waals surface area contributed by atoms with E-state index in [0.29, 0.717) is 6.04 Å². The molecule has 7 heteroatoms. The summed E-state index contributed by atoms with van der Waals surface area (Å²) in [5.41, 5.74) is 4.53. The van der Waals surface area contributed by atoms with Gasteiger partial charge in [-0.25, -0.2) is 9.67 Å². The van der Waals surface area contributed by atoms with Gasteiger partial charge < -0.3 is 10.1 Å². The van der Waals surface area contributed by atoms with Gasteiger partial charge in [0.05, 0.1) is 24.6 Å². The van der Waals surface area contributed by atoms with Gasteiger partial charge >= 0.3 is 0 Å². The van der Waals surface area contributed by atoms with Crippen LogP contribution in [-0.2, 0) is 0 Å². The molecule has 1 N–H and O–H groups in total. The lowest BCUT2D eigenvalue weighted by Gasteiger charge is -2.13. The molecule has 0 spiro atoms. The fourth-order valence-corrected chi connectivity index (χ4v) is 3.14. The van der Waals surface area contributed by atoms with Gasteiger partial charge in [0.15, 0.2) is 5.65 Å². The molecule has 0 fully saturated rings. The molecule has 0 amide bonds. The Kier molecular flexibility index (Phi) is 4.27. The number of hydrogen-bond donors (Lipinski definition) is 1. The minimum Gasteiger partial charge on any atom is -0.496 e. The third-order valence-corrected chi connectivity index (χ3v) is 4.28. The Bertz CT molecular complexity index is 1080. The molecule has 0 aliphatic rings. The highest BCUT2D eigenvalue weighted by Gasteiger charge is 2.16. The van der Waals surface area contributed by atoms with Gasteiger partial charge in [-0.15, -0.1) is 0 Å². The number of ether oxygens (including phenoxy) is 1. The van der Waals surface area contributed by atoms with Gasteiger partial charge in [-0.3, -0.25) is 0 Å². The Labute approximate surface area is 157 Å². The summed E-state index contributed by atoms with van der Waals surface area (Å²) in [6.07, 6.45) is 5.48. The van der Waals surface area contributed by atoms with Crippen LogP contribution in [0.2, 0.25) is 0 Å². The Balaban J connectivity index is 1.86. The minimum atomic E-state index is 0.297. The zero-order valence-corrected chi connectivity index (χ0v) is 15.8. The molecule has 7 nitrogen and oxygen atoms in total. The highest BCUT2D eigenvalue weighted by molar-refractivity contribution is 5.82. The quantitative estimate of drug-likeness (QED) is 0.586. The van der Waals surface area contributed by atoms with Crippen molar-refractivity contribution in [3.05, 3.63) is 54.6 Å². The van der Waals surface area contributed by atoms with Crippen molar-refractivity contribution in [2.45, 2.75) is 26.8 Å². The van der Waals surface area contributed by atoms with E-state index in [-0.39, 0.29) is 0 Å². The Morgan fingerprint density at radius 3 is 2.67 bits per heavy atom. The average molecular weight is 362 g/mol. The van der Waals surface area contributed by atoms with Gasteiger partial charge in [-0.1, -0.05) is 0 Å². The second kappa shape index (κ2) is 6.75. The van der Waals surface area contributed by atoms with Gasteiger partial charge in [0.25, 0.3) is 0 Å². The summed E-state index contributed by atoms with van der Waals surface area (Å²) in [5.74, 6) is 1.67. The maximum atomic E-state index is 5.66. The second-order valence-corrected chi connectivity index (χ2v) is 6.71. The largest absolute Gasteiger partial charge is 0.496 e. The van der Waals surface area contributed by atoms with Crippen LogP contribution in [0.5, 0.6) is 5.75 Å². The van der Waals surface area contributed by atoms with Crippen molar-refractivity contribution in [1.82, 2.24) is 24.4 Å². The number of benzene rings is 1. The molecule has 0 radical (unpaired) electrons. The molecule has 0 unspecified atom stereocenters. The molecule has 4 rings (SSSR count). The van der Waals surface area contributed by atoms with E-state index in [1.165, 1.54) is 0 Å². The number of nitrogens with zero attached hydrogens (tertiary/aromatic N) is 5. The number of fused-ring (bicyclic) bond motifs is 1. The second-order valence-electron chi connectivity index (χ2n) is 6.71.